The van der Waals surface area contributed by atoms with Crippen LogP contribution >= 0.6 is 0 Å². The number of hydrogen-bond donors (Lipinski definition) is 2. The Morgan fingerprint density at radius 3 is 2.72 bits per heavy atom. The number of aliphatic carboxylic acids is 1. The van der Waals surface area contributed by atoms with E-state index in [1.807, 2.05) is 0 Å². The molecule has 0 spiro atoms. The Kier molecular flexibility index (Phi) is 3.86. The Morgan fingerprint density at radius 1 is 1.28 bits per heavy atom. The Labute approximate surface area is 104 Å². The van der Waals surface area contributed by atoms with Crippen molar-refractivity contribution in [1.82, 2.24) is 9.97 Å². The first-order chi connectivity index (χ1) is 8.66. The number of rotatable bonds is 3. The van der Waals surface area contributed by atoms with Gasteiger partial charge in [-0.05, 0) is 19.3 Å². The van der Waals surface area contributed by atoms with E-state index in [9.17, 15) is 9.59 Å². The minimum atomic E-state index is -0.813. The summed E-state index contributed by atoms with van der Waals surface area (Å²) in [6.07, 6.45) is 7.06. The van der Waals surface area contributed by atoms with Gasteiger partial charge in [0.15, 0.2) is 5.82 Å². The fraction of sp³-hybridized carbons (Fsp3) is 0.500. The van der Waals surface area contributed by atoms with Gasteiger partial charge in [0.2, 0.25) is 5.91 Å². The molecule has 0 aliphatic heterocycles. The van der Waals surface area contributed by atoms with Crippen molar-refractivity contribution in [3.8, 4) is 0 Å². The van der Waals surface area contributed by atoms with Crippen LogP contribution in [0.25, 0.3) is 0 Å². The lowest BCUT2D eigenvalue weighted by Gasteiger charge is -2.25. The fourth-order valence-electron chi connectivity index (χ4n) is 2.24. The van der Waals surface area contributed by atoms with Crippen LogP contribution in [0.1, 0.15) is 25.7 Å². The predicted octanol–water partition coefficient (Wildman–Crippen LogP) is 1.31. The summed E-state index contributed by atoms with van der Waals surface area (Å²) in [4.78, 5) is 30.7. The molecule has 18 heavy (non-hydrogen) atoms. The summed E-state index contributed by atoms with van der Waals surface area (Å²) < 4.78 is 0. The number of carbonyl (C=O) groups is 2. The standard InChI is InChI=1S/C12H15N3O3/c16-11(15-10-7-13-4-5-14-10)8-2-1-3-9(6-8)12(17)18/h4-5,7-9H,1-3,6H2,(H,17,18)(H,14,15,16). The van der Waals surface area contributed by atoms with E-state index in [0.29, 0.717) is 18.7 Å². The molecule has 2 N–H and O–H groups in total. The number of nitrogens with one attached hydrogen (secondary N) is 1. The molecule has 1 fully saturated rings. The molecule has 1 saturated carbocycles. The van der Waals surface area contributed by atoms with Gasteiger partial charge in [-0.15, -0.1) is 0 Å². The van der Waals surface area contributed by atoms with Crippen LogP contribution in [0.5, 0.6) is 0 Å². The van der Waals surface area contributed by atoms with Gasteiger partial charge in [-0.1, -0.05) is 6.42 Å². The number of amides is 1. The number of anilines is 1. The third-order valence-electron chi connectivity index (χ3n) is 3.21. The van der Waals surface area contributed by atoms with Crippen molar-refractivity contribution in [1.29, 1.82) is 0 Å². The SMILES string of the molecule is O=C(O)C1CCCC(C(=O)Nc2cnccn2)C1. The van der Waals surface area contributed by atoms with Crippen LogP contribution in [0.4, 0.5) is 5.82 Å². The average Bonchev–Trinajstić information content (AvgIpc) is 2.40. The van der Waals surface area contributed by atoms with Crippen molar-refractivity contribution in [2.24, 2.45) is 11.8 Å². The number of nitrogens with zero attached hydrogens (tertiary/aromatic N) is 2. The molecular weight excluding hydrogens is 234 g/mol. The molecule has 0 aromatic carbocycles. The van der Waals surface area contributed by atoms with E-state index < -0.39 is 11.9 Å². The number of hydrogen-bond acceptors (Lipinski definition) is 4. The number of carboxylic acid groups (broad SMARTS) is 1. The highest BCUT2D eigenvalue weighted by molar-refractivity contribution is 5.91. The highest BCUT2D eigenvalue weighted by Gasteiger charge is 2.31. The summed E-state index contributed by atoms with van der Waals surface area (Å²) in [6, 6.07) is 0. The highest BCUT2D eigenvalue weighted by atomic mass is 16.4. The topological polar surface area (TPSA) is 92.2 Å². The van der Waals surface area contributed by atoms with Gasteiger partial charge in [0, 0.05) is 18.3 Å². The largest absolute Gasteiger partial charge is 0.481 e. The van der Waals surface area contributed by atoms with Gasteiger partial charge in [0.25, 0.3) is 0 Å². The average molecular weight is 249 g/mol. The van der Waals surface area contributed by atoms with E-state index in [0.717, 1.165) is 12.8 Å². The third-order valence-corrected chi connectivity index (χ3v) is 3.21. The fourth-order valence-corrected chi connectivity index (χ4v) is 2.24. The van der Waals surface area contributed by atoms with Crippen molar-refractivity contribution in [3.05, 3.63) is 18.6 Å². The molecule has 0 saturated heterocycles. The summed E-state index contributed by atoms with van der Waals surface area (Å²) in [5.41, 5.74) is 0. The molecule has 1 aromatic heterocycles. The second-order valence-electron chi connectivity index (χ2n) is 4.48. The summed E-state index contributed by atoms with van der Waals surface area (Å²) in [6.45, 7) is 0. The molecule has 6 nitrogen and oxygen atoms in total. The number of carboxylic acids is 1. The number of carbonyl (C=O) groups excluding carboxylic acids is 1. The lowest BCUT2D eigenvalue weighted by atomic mass is 9.81. The van der Waals surface area contributed by atoms with E-state index in [1.165, 1.54) is 18.6 Å². The molecule has 1 heterocycles. The zero-order chi connectivity index (χ0) is 13.0. The van der Waals surface area contributed by atoms with E-state index in [2.05, 4.69) is 15.3 Å². The van der Waals surface area contributed by atoms with E-state index in [4.69, 9.17) is 5.11 Å². The van der Waals surface area contributed by atoms with Gasteiger partial charge in [-0.3, -0.25) is 14.6 Å². The summed E-state index contributed by atoms with van der Waals surface area (Å²) in [7, 11) is 0. The van der Waals surface area contributed by atoms with Gasteiger partial charge >= 0.3 is 5.97 Å². The second-order valence-corrected chi connectivity index (χ2v) is 4.48. The van der Waals surface area contributed by atoms with Gasteiger partial charge in [-0.25, -0.2) is 4.98 Å². The molecule has 6 heteroatoms. The quantitative estimate of drug-likeness (QED) is 0.842. The predicted molar refractivity (Wildman–Crippen MR) is 63.7 cm³/mol. The lowest BCUT2D eigenvalue weighted by molar-refractivity contribution is -0.143. The molecule has 0 bridgehead atoms. The van der Waals surface area contributed by atoms with Crippen LogP contribution in [0, 0.1) is 11.8 Å². The molecule has 1 aliphatic carbocycles. The van der Waals surface area contributed by atoms with Gasteiger partial charge < -0.3 is 10.4 Å². The maximum atomic E-state index is 12.0. The molecule has 2 unspecified atom stereocenters. The monoisotopic (exact) mass is 249 g/mol. The van der Waals surface area contributed by atoms with Crippen molar-refractivity contribution < 1.29 is 14.7 Å². The van der Waals surface area contributed by atoms with Crippen LogP contribution in [-0.2, 0) is 9.59 Å². The van der Waals surface area contributed by atoms with Crippen LogP contribution in [-0.4, -0.2) is 27.0 Å². The maximum absolute atomic E-state index is 12.0. The molecule has 96 valence electrons. The minimum absolute atomic E-state index is 0.165. The van der Waals surface area contributed by atoms with Crippen molar-refractivity contribution in [3.63, 3.8) is 0 Å². The molecule has 2 rings (SSSR count). The van der Waals surface area contributed by atoms with Crippen LogP contribution in [0.15, 0.2) is 18.6 Å². The first-order valence-electron chi connectivity index (χ1n) is 5.96. The molecule has 1 aliphatic rings. The van der Waals surface area contributed by atoms with Crippen molar-refractivity contribution in [2.75, 3.05) is 5.32 Å². The van der Waals surface area contributed by atoms with Crippen molar-refractivity contribution >= 4 is 17.7 Å². The molecular formula is C12H15N3O3. The molecule has 1 amide bonds. The molecule has 1 aromatic rings. The smallest absolute Gasteiger partial charge is 0.306 e. The first kappa shape index (κ1) is 12.5. The lowest BCUT2D eigenvalue weighted by Crippen LogP contribution is -2.31. The molecule has 0 radical (unpaired) electrons. The third kappa shape index (κ3) is 3.03. The Morgan fingerprint density at radius 2 is 2.06 bits per heavy atom. The Balaban J connectivity index is 1.95. The van der Waals surface area contributed by atoms with Crippen LogP contribution < -0.4 is 5.32 Å². The number of aromatic nitrogens is 2. The summed E-state index contributed by atoms with van der Waals surface area (Å²) >= 11 is 0. The van der Waals surface area contributed by atoms with Crippen LogP contribution in [0.2, 0.25) is 0 Å². The highest BCUT2D eigenvalue weighted by Crippen LogP contribution is 2.29. The van der Waals surface area contributed by atoms with Gasteiger partial charge in [0.1, 0.15) is 0 Å². The van der Waals surface area contributed by atoms with Crippen molar-refractivity contribution in [2.45, 2.75) is 25.7 Å². The Bertz CT molecular complexity index is 435. The zero-order valence-corrected chi connectivity index (χ0v) is 9.87. The van der Waals surface area contributed by atoms with Gasteiger partial charge in [-0.2, -0.15) is 0 Å². The van der Waals surface area contributed by atoms with E-state index >= 15 is 0 Å². The maximum Gasteiger partial charge on any atom is 0.306 e. The second kappa shape index (κ2) is 5.57. The Hall–Kier alpha value is -1.98. The van der Waals surface area contributed by atoms with E-state index in [-0.39, 0.29) is 11.8 Å². The summed E-state index contributed by atoms with van der Waals surface area (Å²) in [5.74, 6) is -1.23. The molecule has 2 atom stereocenters. The summed E-state index contributed by atoms with van der Waals surface area (Å²) in [5, 5.41) is 11.6. The van der Waals surface area contributed by atoms with E-state index in [1.54, 1.807) is 0 Å². The van der Waals surface area contributed by atoms with Crippen LogP contribution in [0.3, 0.4) is 0 Å². The zero-order valence-electron chi connectivity index (χ0n) is 9.87. The normalized spacial score (nSPS) is 23.3. The van der Waals surface area contributed by atoms with Gasteiger partial charge in [0.05, 0.1) is 12.1 Å². The first-order valence-corrected chi connectivity index (χ1v) is 5.96. The minimum Gasteiger partial charge on any atom is -0.481 e.